The van der Waals surface area contributed by atoms with Crippen LogP contribution in [0.2, 0.25) is 0 Å². The highest BCUT2D eigenvalue weighted by Crippen LogP contribution is 2.42. The van der Waals surface area contributed by atoms with E-state index >= 15 is 0 Å². The molecule has 0 aliphatic carbocycles. The topological polar surface area (TPSA) is 58.4 Å². The van der Waals surface area contributed by atoms with E-state index in [4.69, 9.17) is 0 Å². The Morgan fingerprint density at radius 2 is 1.73 bits per heavy atom. The lowest BCUT2D eigenvalue weighted by molar-refractivity contribution is -0.117. The number of hydrogen-bond acceptors (Lipinski definition) is 3. The zero-order valence-electron chi connectivity index (χ0n) is 17.7. The monoisotopic (exact) mass is 402 g/mol. The van der Waals surface area contributed by atoms with Crippen LogP contribution in [0, 0.1) is 6.92 Å². The van der Waals surface area contributed by atoms with Crippen LogP contribution in [0.15, 0.2) is 60.8 Å². The normalized spacial score (nSPS) is 18.1. The molecule has 0 N–H and O–H groups in total. The lowest BCUT2D eigenvalue weighted by atomic mass is 9.89. The zero-order valence-corrected chi connectivity index (χ0v) is 17.7. The molecule has 0 saturated heterocycles. The van der Waals surface area contributed by atoms with Crippen LogP contribution in [-0.4, -0.2) is 27.6 Å². The van der Waals surface area contributed by atoms with Gasteiger partial charge >= 0.3 is 0 Å². The van der Waals surface area contributed by atoms with Crippen molar-refractivity contribution < 1.29 is 9.59 Å². The first-order valence-corrected chi connectivity index (χ1v) is 10.2. The summed E-state index contributed by atoms with van der Waals surface area (Å²) in [7, 11) is 1.82. The third kappa shape index (κ3) is 3.38. The number of benzene rings is 2. The number of carbonyl (C=O) groups is 2. The third-order valence-corrected chi connectivity index (χ3v) is 5.68. The summed E-state index contributed by atoms with van der Waals surface area (Å²) in [6.45, 7) is 5.52. The Hall–Kier alpha value is -3.41. The van der Waals surface area contributed by atoms with Crippen LogP contribution in [0.3, 0.4) is 0 Å². The highest BCUT2D eigenvalue weighted by atomic mass is 16.2. The maximum Gasteiger partial charge on any atom is 0.279 e. The summed E-state index contributed by atoms with van der Waals surface area (Å²) >= 11 is 0. The summed E-state index contributed by atoms with van der Waals surface area (Å²) in [5.41, 5.74) is 3.97. The highest BCUT2D eigenvalue weighted by Gasteiger charge is 2.38. The van der Waals surface area contributed by atoms with Gasteiger partial charge in [0.15, 0.2) is 5.69 Å². The van der Waals surface area contributed by atoms with Crippen molar-refractivity contribution in [3.8, 4) is 0 Å². The van der Waals surface area contributed by atoms with Crippen LogP contribution in [0.4, 0.5) is 11.4 Å². The van der Waals surface area contributed by atoms with Gasteiger partial charge in [0.2, 0.25) is 5.91 Å². The van der Waals surface area contributed by atoms with E-state index in [2.05, 4.69) is 5.10 Å². The van der Waals surface area contributed by atoms with Gasteiger partial charge in [-0.05, 0) is 44.0 Å². The minimum Gasteiger partial charge on any atom is -0.305 e. The lowest BCUT2D eigenvalue weighted by Gasteiger charge is -2.43. The third-order valence-electron chi connectivity index (χ3n) is 5.68. The van der Waals surface area contributed by atoms with Crippen LogP contribution in [0.25, 0.3) is 0 Å². The second-order valence-electron chi connectivity index (χ2n) is 7.89. The summed E-state index contributed by atoms with van der Waals surface area (Å²) in [5, 5.41) is 4.38. The first kappa shape index (κ1) is 19.9. The molecule has 6 heteroatoms. The quantitative estimate of drug-likeness (QED) is 0.658. The molecule has 154 valence electrons. The van der Waals surface area contributed by atoms with Gasteiger partial charge in [0, 0.05) is 43.1 Å². The number of fused-ring (bicyclic) bond motifs is 1. The van der Waals surface area contributed by atoms with Gasteiger partial charge in [0.25, 0.3) is 5.91 Å². The lowest BCUT2D eigenvalue weighted by Crippen LogP contribution is -2.47. The summed E-state index contributed by atoms with van der Waals surface area (Å²) < 4.78 is 1.67. The number of carbonyl (C=O) groups excluding carboxylic acids is 2. The maximum atomic E-state index is 13.5. The number of hydrogen-bond donors (Lipinski definition) is 0. The fraction of sp³-hybridized carbons (Fsp3) is 0.292. The second-order valence-corrected chi connectivity index (χ2v) is 7.89. The maximum absolute atomic E-state index is 13.5. The van der Waals surface area contributed by atoms with Crippen LogP contribution in [0.1, 0.15) is 47.9 Å². The Morgan fingerprint density at radius 1 is 1.07 bits per heavy atom. The minimum atomic E-state index is -0.148. The standard InChI is InChI=1S/C24H26N4O2/c1-16-15-26(4)25-23(16)24(30)27-17(2)14-22(20-12-8-9-13-21(20)27)28(18(3)29)19-10-6-5-7-11-19/h5-13,15,17,22H,14H2,1-4H3. The number of nitrogens with zero attached hydrogens (tertiary/aromatic N) is 4. The van der Waals surface area contributed by atoms with Crippen LogP contribution in [0.5, 0.6) is 0 Å². The van der Waals surface area contributed by atoms with Crippen molar-refractivity contribution in [2.24, 2.45) is 7.05 Å². The molecule has 1 aliphatic rings. The zero-order chi connectivity index (χ0) is 21.4. The second kappa shape index (κ2) is 7.78. The van der Waals surface area contributed by atoms with E-state index in [0.29, 0.717) is 12.1 Å². The largest absolute Gasteiger partial charge is 0.305 e. The van der Waals surface area contributed by atoms with Gasteiger partial charge in [-0.2, -0.15) is 5.10 Å². The molecule has 1 aliphatic heterocycles. The van der Waals surface area contributed by atoms with Gasteiger partial charge in [-0.25, -0.2) is 0 Å². The fourth-order valence-electron chi connectivity index (χ4n) is 4.44. The number of para-hydroxylation sites is 2. The predicted molar refractivity (Wildman–Crippen MR) is 118 cm³/mol. The smallest absolute Gasteiger partial charge is 0.279 e. The summed E-state index contributed by atoms with van der Waals surface area (Å²) in [6.07, 6.45) is 2.49. The summed E-state index contributed by atoms with van der Waals surface area (Å²) in [5.74, 6) is -0.130. The van der Waals surface area contributed by atoms with Crippen molar-refractivity contribution in [1.29, 1.82) is 0 Å². The van der Waals surface area contributed by atoms with Crippen molar-refractivity contribution in [2.45, 2.75) is 39.3 Å². The van der Waals surface area contributed by atoms with Gasteiger partial charge in [-0.1, -0.05) is 36.4 Å². The summed E-state index contributed by atoms with van der Waals surface area (Å²) in [6, 6.07) is 17.3. The molecule has 0 saturated carbocycles. The molecular formula is C24H26N4O2. The Bertz CT molecular complexity index is 1090. The Balaban J connectivity index is 1.80. The SMILES string of the molecule is CC(=O)N(c1ccccc1)C1CC(C)N(C(=O)c2nn(C)cc2C)c2ccccc21. The first-order chi connectivity index (χ1) is 14.4. The number of amides is 2. The molecule has 2 aromatic carbocycles. The summed E-state index contributed by atoms with van der Waals surface area (Å²) in [4.78, 5) is 29.8. The molecule has 0 fully saturated rings. The van der Waals surface area contributed by atoms with Crippen molar-refractivity contribution in [1.82, 2.24) is 9.78 Å². The molecule has 3 aromatic rings. The van der Waals surface area contributed by atoms with Crippen LogP contribution >= 0.6 is 0 Å². The van der Waals surface area contributed by atoms with Crippen molar-refractivity contribution in [2.75, 3.05) is 9.80 Å². The predicted octanol–water partition coefficient (Wildman–Crippen LogP) is 4.26. The Kier molecular flexibility index (Phi) is 5.16. The van der Waals surface area contributed by atoms with Gasteiger partial charge in [0.1, 0.15) is 0 Å². The number of anilines is 2. The molecule has 2 amide bonds. The molecular weight excluding hydrogens is 376 g/mol. The minimum absolute atomic E-state index is 0.0199. The van der Waals surface area contributed by atoms with E-state index in [1.807, 2.05) is 91.5 Å². The van der Waals surface area contributed by atoms with Crippen LogP contribution < -0.4 is 9.80 Å². The Morgan fingerprint density at radius 3 is 2.37 bits per heavy atom. The average molecular weight is 402 g/mol. The molecule has 0 radical (unpaired) electrons. The van der Waals surface area contributed by atoms with Crippen molar-refractivity contribution in [3.05, 3.63) is 77.6 Å². The molecule has 1 aromatic heterocycles. The van der Waals surface area contributed by atoms with Crippen LogP contribution in [-0.2, 0) is 11.8 Å². The average Bonchev–Trinajstić information content (AvgIpc) is 3.06. The van der Waals surface area contributed by atoms with E-state index in [1.165, 1.54) is 0 Å². The van der Waals surface area contributed by atoms with Gasteiger partial charge in [0.05, 0.1) is 6.04 Å². The van der Waals surface area contributed by atoms with Gasteiger partial charge in [-0.3, -0.25) is 14.3 Å². The fourth-order valence-corrected chi connectivity index (χ4v) is 4.44. The van der Waals surface area contributed by atoms with E-state index in [-0.39, 0.29) is 23.9 Å². The first-order valence-electron chi connectivity index (χ1n) is 10.2. The highest BCUT2D eigenvalue weighted by molar-refractivity contribution is 6.07. The molecule has 6 nitrogen and oxygen atoms in total. The van der Waals surface area contributed by atoms with Gasteiger partial charge < -0.3 is 9.80 Å². The Labute approximate surface area is 176 Å². The molecule has 4 rings (SSSR count). The van der Waals surface area contributed by atoms with Crippen molar-refractivity contribution in [3.63, 3.8) is 0 Å². The van der Waals surface area contributed by atoms with Gasteiger partial charge in [-0.15, -0.1) is 0 Å². The number of aromatic nitrogens is 2. The molecule has 2 atom stereocenters. The molecule has 30 heavy (non-hydrogen) atoms. The molecule has 0 spiro atoms. The van der Waals surface area contributed by atoms with E-state index in [9.17, 15) is 9.59 Å². The molecule has 2 heterocycles. The molecule has 0 bridgehead atoms. The van der Waals surface area contributed by atoms with Crippen molar-refractivity contribution >= 4 is 23.2 Å². The van der Waals surface area contributed by atoms with E-state index in [0.717, 1.165) is 22.5 Å². The number of aryl methyl sites for hydroxylation is 2. The van der Waals surface area contributed by atoms with E-state index in [1.54, 1.807) is 11.6 Å². The molecule has 2 unspecified atom stereocenters. The number of rotatable bonds is 3. The van der Waals surface area contributed by atoms with E-state index < -0.39 is 0 Å².